The average Bonchev–Trinajstić information content (AvgIpc) is 3.12. The summed E-state index contributed by atoms with van der Waals surface area (Å²) in [7, 11) is 0. The Balaban J connectivity index is 1.73. The molecule has 1 N–H and O–H groups in total. The molecule has 2 atom stereocenters. The molecular weight excluding hydrogens is 322 g/mol. The number of rotatable bonds is 7. The second-order valence-corrected chi connectivity index (χ2v) is 6.04. The fourth-order valence-corrected chi connectivity index (χ4v) is 2.76. The Morgan fingerprint density at radius 1 is 1.12 bits per heavy atom. The molecule has 0 aliphatic rings. The zero-order valence-corrected chi connectivity index (χ0v) is 13.9. The summed E-state index contributed by atoms with van der Waals surface area (Å²) in [6.45, 7) is 3.12. The third-order valence-electron chi connectivity index (χ3n) is 4.15. The molecule has 4 nitrogen and oxygen atoms in total. The van der Waals surface area contributed by atoms with Crippen molar-refractivity contribution in [2.24, 2.45) is 0 Å². The number of halogens is 2. The summed E-state index contributed by atoms with van der Waals surface area (Å²) in [5, 5.41) is 3.44. The lowest BCUT2D eigenvalue weighted by Crippen LogP contribution is -2.29. The van der Waals surface area contributed by atoms with Gasteiger partial charge in [0.25, 0.3) is 0 Å². The number of pyridine rings is 1. The van der Waals surface area contributed by atoms with Crippen LogP contribution in [0.5, 0.6) is 0 Å². The van der Waals surface area contributed by atoms with Crippen LogP contribution >= 0.6 is 0 Å². The van der Waals surface area contributed by atoms with Gasteiger partial charge < -0.3 is 9.88 Å². The number of aromatic nitrogens is 3. The lowest BCUT2D eigenvalue weighted by Gasteiger charge is -2.22. The molecule has 130 valence electrons. The molecule has 1 aromatic carbocycles. The lowest BCUT2D eigenvalue weighted by molar-refractivity contribution is 0.440. The van der Waals surface area contributed by atoms with Crippen molar-refractivity contribution >= 4 is 0 Å². The summed E-state index contributed by atoms with van der Waals surface area (Å²) in [5.41, 5.74) is 1.40. The van der Waals surface area contributed by atoms with Gasteiger partial charge in [0.1, 0.15) is 11.6 Å². The van der Waals surface area contributed by atoms with Crippen LogP contribution in [0.4, 0.5) is 8.78 Å². The standard InChI is InChI=1S/C19H20F2N4/c1-14(19-17(21)3-2-8-23-19)11-24-18(12-25-10-9-22-13-25)15-4-6-16(20)7-5-15/h2-10,13-14,18,24H,11-12H2,1H3. The highest BCUT2D eigenvalue weighted by Crippen LogP contribution is 2.19. The minimum Gasteiger partial charge on any atom is -0.336 e. The second-order valence-electron chi connectivity index (χ2n) is 6.04. The van der Waals surface area contributed by atoms with Gasteiger partial charge in [-0.2, -0.15) is 0 Å². The zero-order valence-electron chi connectivity index (χ0n) is 13.9. The third-order valence-corrected chi connectivity index (χ3v) is 4.15. The highest BCUT2D eigenvalue weighted by Gasteiger charge is 2.17. The molecule has 3 aromatic rings. The van der Waals surface area contributed by atoms with Crippen molar-refractivity contribution in [3.8, 4) is 0 Å². The maximum atomic E-state index is 13.9. The van der Waals surface area contributed by atoms with Crippen LogP contribution in [0.15, 0.2) is 61.3 Å². The SMILES string of the molecule is CC(CNC(Cn1ccnc1)c1ccc(F)cc1)c1ncccc1F. The molecule has 6 heteroatoms. The Hall–Kier alpha value is -2.60. The number of nitrogens with zero attached hydrogens (tertiary/aromatic N) is 3. The van der Waals surface area contributed by atoms with E-state index in [1.807, 2.05) is 17.7 Å². The minimum absolute atomic E-state index is 0.0518. The lowest BCUT2D eigenvalue weighted by atomic mass is 10.0. The molecule has 2 heterocycles. The van der Waals surface area contributed by atoms with Crippen LogP contribution in [0.25, 0.3) is 0 Å². The first-order valence-corrected chi connectivity index (χ1v) is 8.18. The van der Waals surface area contributed by atoms with Crippen molar-refractivity contribution in [1.29, 1.82) is 0 Å². The molecule has 2 unspecified atom stereocenters. The highest BCUT2D eigenvalue weighted by molar-refractivity contribution is 5.20. The Labute approximate surface area is 145 Å². The minimum atomic E-state index is -0.301. The Bertz CT molecular complexity index is 787. The fourth-order valence-electron chi connectivity index (χ4n) is 2.76. The van der Waals surface area contributed by atoms with E-state index in [1.165, 1.54) is 18.2 Å². The van der Waals surface area contributed by atoms with Gasteiger partial charge in [-0.05, 0) is 29.8 Å². The molecule has 0 bridgehead atoms. The van der Waals surface area contributed by atoms with Crippen molar-refractivity contribution in [2.75, 3.05) is 6.54 Å². The number of hydrogen-bond donors (Lipinski definition) is 1. The van der Waals surface area contributed by atoms with Gasteiger partial charge in [-0.15, -0.1) is 0 Å². The molecule has 0 spiro atoms. The molecule has 0 aliphatic carbocycles. The van der Waals surface area contributed by atoms with Gasteiger partial charge in [-0.3, -0.25) is 4.98 Å². The quantitative estimate of drug-likeness (QED) is 0.712. The van der Waals surface area contributed by atoms with Gasteiger partial charge in [-0.1, -0.05) is 19.1 Å². The molecule has 0 radical (unpaired) electrons. The van der Waals surface area contributed by atoms with E-state index in [9.17, 15) is 8.78 Å². The van der Waals surface area contributed by atoms with Crippen molar-refractivity contribution in [3.05, 3.63) is 84.2 Å². The Morgan fingerprint density at radius 3 is 2.60 bits per heavy atom. The van der Waals surface area contributed by atoms with E-state index >= 15 is 0 Å². The maximum Gasteiger partial charge on any atom is 0.145 e. The summed E-state index contributed by atoms with van der Waals surface area (Å²) >= 11 is 0. The van der Waals surface area contributed by atoms with Crippen molar-refractivity contribution < 1.29 is 8.78 Å². The van der Waals surface area contributed by atoms with E-state index in [4.69, 9.17) is 0 Å². The highest BCUT2D eigenvalue weighted by atomic mass is 19.1. The summed E-state index contributed by atoms with van der Waals surface area (Å²) in [4.78, 5) is 8.19. The molecular formula is C19H20F2N4. The Kier molecular flexibility index (Phi) is 5.50. The summed E-state index contributed by atoms with van der Waals surface area (Å²) in [6, 6.07) is 9.36. The zero-order chi connectivity index (χ0) is 17.6. The maximum absolute atomic E-state index is 13.9. The number of nitrogens with one attached hydrogen (secondary N) is 1. The number of imidazole rings is 1. The van der Waals surface area contributed by atoms with E-state index in [0.717, 1.165) is 5.56 Å². The van der Waals surface area contributed by atoms with E-state index in [1.54, 1.807) is 36.9 Å². The van der Waals surface area contributed by atoms with Crippen molar-refractivity contribution in [3.63, 3.8) is 0 Å². The molecule has 3 rings (SSSR count). The van der Waals surface area contributed by atoms with Crippen LogP contribution in [0.2, 0.25) is 0 Å². The molecule has 0 amide bonds. The second kappa shape index (κ2) is 7.98. The van der Waals surface area contributed by atoms with Gasteiger partial charge >= 0.3 is 0 Å². The topological polar surface area (TPSA) is 42.7 Å². The van der Waals surface area contributed by atoms with Gasteiger partial charge in [0.15, 0.2) is 0 Å². The number of benzene rings is 1. The first-order valence-electron chi connectivity index (χ1n) is 8.18. The Morgan fingerprint density at radius 2 is 1.92 bits per heavy atom. The van der Waals surface area contributed by atoms with E-state index < -0.39 is 0 Å². The molecule has 0 fully saturated rings. The van der Waals surface area contributed by atoms with Crippen molar-refractivity contribution in [1.82, 2.24) is 19.9 Å². The van der Waals surface area contributed by atoms with Crippen LogP contribution in [-0.2, 0) is 6.54 Å². The molecule has 25 heavy (non-hydrogen) atoms. The summed E-state index contributed by atoms with van der Waals surface area (Å²) in [5.74, 6) is -0.661. The average molecular weight is 342 g/mol. The third kappa shape index (κ3) is 4.48. The summed E-state index contributed by atoms with van der Waals surface area (Å²) < 4.78 is 29.1. The van der Waals surface area contributed by atoms with Gasteiger partial charge in [0.05, 0.1) is 18.1 Å². The normalized spacial score (nSPS) is 13.6. The number of hydrogen-bond acceptors (Lipinski definition) is 3. The van der Waals surface area contributed by atoms with Crippen LogP contribution in [0.1, 0.15) is 30.1 Å². The largest absolute Gasteiger partial charge is 0.336 e. The first kappa shape index (κ1) is 17.2. The van der Waals surface area contributed by atoms with E-state index in [2.05, 4.69) is 15.3 Å². The first-order chi connectivity index (χ1) is 12.1. The predicted molar refractivity (Wildman–Crippen MR) is 92.0 cm³/mol. The van der Waals surface area contributed by atoms with Crippen LogP contribution < -0.4 is 5.32 Å². The van der Waals surface area contributed by atoms with Crippen molar-refractivity contribution in [2.45, 2.75) is 25.4 Å². The van der Waals surface area contributed by atoms with Gasteiger partial charge in [0.2, 0.25) is 0 Å². The molecule has 0 aliphatic heterocycles. The van der Waals surface area contributed by atoms with Gasteiger partial charge in [-0.25, -0.2) is 13.8 Å². The fraction of sp³-hybridized carbons (Fsp3) is 0.263. The smallest absolute Gasteiger partial charge is 0.145 e. The summed E-state index contributed by atoms with van der Waals surface area (Å²) in [6.07, 6.45) is 6.92. The molecule has 0 saturated heterocycles. The predicted octanol–water partition coefficient (Wildman–Crippen LogP) is 3.69. The van der Waals surface area contributed by atoms with Crippen LogP contribution in [-0.4, -0.2) is 21.1 Å². The van der Waals surface area contributed by atoms with E-state index in [0.29, 0.717) is 18.8 Å². The monoisotopic (exact) mass is 342 g/mol. The van der Waals surface area contributed by atoms with E-state index in [-0.39, 0.29) is 23.6 Å². The molecule has 2 aromatic heterocycles. The van der Waals surface area contributed by atoms with Crippen LogP contribution in [0, 0.1) is 11.6 Å². The van der Waals surface area contributed by atoms with Gasteiger partial charge in [0, 0.05) is 37.6 Å². The van der Waals surface area contributed by atoms with Crippen LogP contribution in [0.3, 0.4) is 0 Å². The molecule has 0 saturated carbocycles.